The number of hydrogen-bond donors (Lipinski definition) is 2. The fraction of sp³-hybridized carbons (Fsp3) is 0.100. The molecule has 0 aliphatic rings. The summed E-state index contributed by atoms with van der Waals surface area (Å²) in [6.07, 6.45) is 0. The van der Waals surface area contributed by atoms with Gasteiger partial charge < -0.3 is 15.5 Å². The van der Waals surface area contributed by atoms with Crippen LogP contribution in [0.25, 0.3) is 28.2 Å². The molecule has 2 aromatic heterocycles. The van der Waals surface area contributed by atoms with Gasteiger partial charge in [-0.1, -0.05) is 23.2 Å². The molecule has 3 N–H and O–H groups in total. The number of benzene rings is 2. The molecule has 8 nitrogen and oxygen atoms in total. The lowest BCUT2D eigenvalue weighted by Crippen LogP contribution is -2.15. The van der Waals surface area contributed by atoms with Crippen molar-refractivity contribution < 1.29 is 9.53 Å². The number of halogens is 2. The van der Waals surface area contributed by atoms with Gasteiger partial charge in [0.1, 0.15) is 11.3 Å². The summed E-state index contributed by atoms with van der Waals surface area (Å²) >= 11 is 12.3. The third kappa shape index (κ3) is 3.51. The molecule has 0 bridgehead atoms. The van der Waals surface area contributed by atoms with Crippen LogP contribution in [0.4, 0.5) is 0 Å². The maximum Gasteiger partial charge on any atom is 0.332 e. The molecule has 0 aliphatic carbocycles. The Morgan fingerprint density at radius 1 is 1.17 bits per heavy atom. The van der Waals surface area contributed by atoms with Gasteiger partial charge in [-0.05, 0) is 49.4 Å². The van der Waals surface area contributed by atoms with Gasteiger partial charge in [-0.3, -0.25) is 4.79 Å². The van der Waals surface area contributed by atoms with Gasteiger partial charge in [0.05, 0.1) is 17.3 Å². The molecule has 0 fully saturated rings. The van der Waals surface area contributed by atoms with Gasteiger partial charge in [-0.2, -0.15) is 0 Å². The van der Waals surface area contributed by atoms with Gasteiger partial charge in [0.15, 0.2) is 17.2 Å². The number of ether oxygens (including phenoxy) is 1. The van der Waals surface area contributed by atoms with Crippen molar-refractivity contribution >= 4 is 40.3 Å². The molecular formula is C20H15Cl2N5O3. The van der Waals surface area contributed by atoms with Crippen molar-refractivity contribution in [1.82, 2.24) is 19.5 Å². The average molecular weight is 444 g/mol. The molecule has 4 rings (SSSR count). The van der Waals surface area contributed by atoms with Gasteiger partial charge in [-0.25, -0.2) is 19.3 Å². The van der Waals surface area contributed by atoms with Crippen LogP contribution in [0.5, 0.6) is 5.75 Å². The summed E-state index contributed by atoms with van der Waals surface area (Å²) in [6, 6.07) is 11.7. The second-order valence-electron chi connectivity index (χ2n) is 6.28. The Labute approximate surface area is 180 Å². The highest BCUT2D eigenvalue weighted by atomic mass is 35.5. The van der Waals surface area contributed by atoms with E-state index in [1.807, 2.05) is 6.92 Å². The number of aromatic nitrogens is 4. The first-order valence-corrected chi connectivity index (χ1v) is 9.66. The van der Waals surface area contributed by atoms with Crippen molar-refractivity contribution in [3.8, 4) is 22.8 Å². The highest BCUT2D eigenvalue weighted by molar-refractivity contribution is 6.36. The van der Waals surface area contributed by atoms with E-state index in [4.69, 9.17) is 33.7 Å². The first kappa shape index (κ1) is 19.9. The molecular weight excluding hydrogens is 429 g/mol. The molecule has 1 amide bonds. The molecule has 152 valence electrons. The SMILES string of the molecule is CCOc1ccc(-n2c(=O)[nH]c3c(C(N)=O)nc(-c4ccc(Cl)cc4Cl)nc32)cc1. The Kier molecular flexibility index (Phi) is 5.19. The number of amides is 1. The summed E-state index contributed by atoms with van der Waals surface area (Å²) in [5, 5.41) is 0.732. The normalized spacial score (nSPS) is 11.0. The maximum absolute atomic E-state index is 12.7. The molecule has 0 atom stereocenters. The van der Waals surface area contributed by atoms with Gasteiger partial charge in [-0.15, -0.1) is 0 Å². The minimum absolute atomic E-state index is 0.122. The van der Waals surface area contributed by atoms with Crippen LogP contribution >= 0.6 is 23.2 Å². The molecule has 0 spiro atoms. The number of carbonyl (C=O) groups excluding carboxylic acids is 1. The minimum atomic E-state index is -0.811. The first-order valence-electron chi connectivity index (χ1n) is 8.90. The molecule has 10 heteroatoms. The van der Waals surface area contributed by atoms with Crippen molar-refractivity contribution in [3.63, 3.8) is 0 Å². The average Bonchev–Trinajstić information content (AvgIpc) is 3.03. The number of nitrogens with one attached hydrogen (secondary N) is 1. The second kappa shape index (κ2) is 7.81. The molecule has 2 aromatic carbocycles. The van der Waals surface area contributed by atoms with Gasteiger partial charge in [0, 0.05) is 10.6 Å². The number of nitrogens with two attached hydrogens (primary N) is 1. The van der Waals surface area contributed by atoms with Crippen LogP contribution < -0.4 is 16.2 Å². The number of imidazole rings is 1. The topological polar surface area (TPSA) is 116 Å². The van der Waals surface area contributed by atoms with E-state index >= 15 is 0 Å². The van der Waals surface area contributed by atoms with Crippen molar-refractivity contribution in [2.75, 3.05) is 6.61 Å². The van der Waals surface area contributed by atoms with Crippen LogP contribution in [-0.4, -0.2) is 32.0 Å². The quantitative estimate of drug-likeness (QED) is 0.488. The fourth-order valence-corrected chi connectivity index (χ4v) is 3.55. The Morgan fingerprint density at radius 3 is 2.53 bits per heavy atom. The Morgan fingerprint density at radius 2 is 1.90 bits per heavy atom. The van der Waals surface area contributed by atoms with E-state index in [2.05, 4.69) is 15.0 Å². The molecule has 0 unspecified atom stereocenters. The summed E-state index contributed by atoms with van der Waals surface area (Å²) < 4.78 is 6.76. The smallest absolute Gasteiger partial charge is 0.332 e. The van der Waals surface area contributed by atoms with E-state index < -0.39 is 11.6 Å². The van der Waals surface area contributed by atoms with Crippen LogP contribution in [-0.2, 0) is 0 Å². The van der Waals surface area contributed by atoms with E-state index in [0.29, 0.717) is 33.7 Å². The lowest BCUT2D eigenvalue weighted by Gasteiger charge is -2.08. The lowest BCUT2D eigenvalue weighted by atomic mass is 10.2. The molecule has 2 heterocycles. The van der Waals surface area contributed by atoms with Crippen LogP contribution in [0, 0.1) is 0 Å². The summed E-state index contributed by atoms with van der Waals surface area (Å²) in [7, 11) is 0. The summed E-state index contributed by atoms with van der Waals surface area (Å²) in [6.45, 7) is 2.40. The highest BCUT2D eigenvalue weighted by Gasteiger charge is 2.21. The van der Waals surface area contributed by atoms with E-state index in [1.54, 1.807) is 36.4 Å². The fourth-order valence-electron chi connectivity index (χ4n) is 3.05. The van der Waals surface area contributed by atoms with Crippen LogP contribution in [0.3, 0.4) is 0 Å². The van der Waals surface area contributed by atoms with Crippen LogP contribution in [0.2, 0.25) is 10.0 Å². The summed E-state index contributed by atoms with van der Waals surface area (Å²) in [5.74, 6) is -0.0132. The monoisotopic (exact) mass is 443 g/mol. The highest BCUT2D eigenvalue weighted by Crippen LogP contribution is 2.30. The van der Waals surface area contributed by atoms with Crippen molar-refractivity contribution in [1.29, 1.82) is 0 Å². The second-order valence-corrected chi connectivity index (χ2v) is 7.12. The van der Waals surface area contributed by atoms with Crippen molar-refractivity contribution in [2.24, 2.45) is 5.73 Å². The number of aromatic amines is 1. The van der Waals surface area contributed by atoms with E-state index in [0.717, 1.165) is 0 Å². The third-order valence-corrected chi connectivity index (χ3v) is 4.90. The predicted molar refractivity (Wildman–Crippen MR) is 115 cm³/mol. The molecule has 30 heavy (non-hydrogen) atoms. The number of hydrogen-bond acceptors (Lipinski definition) is 5. The minimum Gasteiger partial charge on any atom is -0.494 e. The number of primary amides is 1. The summed E-state index contributed by atoms with van der Waals surface area (Å²) in [4.78, 5) is 36.1. The van der Waals surface area contributed by atoms with Crippen molar-refractivity contribution in [2.45, 2.75) is 6.92 Å². The summed E-state index contributed by atoms with van der Waals surface area (Å²) in [5.41, 5.74) is 6.18. The largest absolute Gasteiger partial charge is 0.494 e. The number of fused-ring (bicyclic) bond motifs is 1. The number of rotatable bonds is 5. The molecule has 0 aliphatic heterocycles. The number of H-pyrrole nitrogens is 1. The Hall–Kier alpha value is -3.36. The van der Waals surface area contributed by atoms with Gasteiger partial charge in [0.2, 0.25) is 0 Å². The lowest BCUT2D eigenvalue weighted by molar-refractivity contribution is 0.0997. The number of carbonyl (C=O) groups is 1. The van der Waals surface area contributed by atoms with E-state index in [-0.39, 0.29) is 22.7 Å². The predicted octanol–water partition coefficient (Wildman–Crippen LogP) is 3.58. The zero-order chi connectivity index (χ0) is 21.4. The Balaban J connectivity index is 1.98. The molecule has 0 saturated carbocycles. The number of nitrogens with zero attached hydrogens (tertiary/aromatic N) is 3. The Bertz CT molecular complexity index is 1330. The zero-order valence-electron chi connectivity index (χ0n) is 15.6. The van der Waals surface area contributed by atoms with E-state index in [9.17, 15) is 9.59 Å². The molecule has 0 radical (unpaired) electrons. The van der Waals surface area contributed by atoms with Gasteiger partial charge in [0.25, 0.3) is 5.91 Å². The third-order valence-electron chi connectivity index (χ3n) is 4.35. The zero-order valence-corrected chi connectivity index (χ0v) is 17.2. The molecule has 0 saturated heterocycles. The maximum atomic E-state index is 12.7. The van der Waals surface area contributed by atoms with E-state index in [1.165, 1.54) is 10.6 Å². The van der Waals surface area contributed by atoms with Crippen LogP contribution in [0.1, 0.15) is 17.4 Å². The molecule has 4 aromatic rings. The standard InChI is InChI=1S/C20H15Cl2N5O3/c1-2-30-12-6-4-11(5-7-12)27-19-16(25-20(27)29)15(17(23)28)24-18(26-19)13-8-3-10(21)9-14(13)22/h3-9H,2H2,1H3,(H2,23,28)(H,25,29). The van der Waals surface area contributed by atoms with Crippen LogP contribution in [0.15, 0.2) is 47.3 Å². The van der Waals surface area contributed by atoms with Gasteiger partial charge >= 0.3 is 5.69 Å². The first-order chi connectivity index (χ1) is 14.4. The van der Waals surface area contributed by atoms with Crippen molar-refractivity contribution in [3.05, 3.63) is 68.7 Å².